The molecule has 0 atom stereocenters. The van der Waals surface area contributed by atoms with Crippen molar-refractivity contribution < 1.29 is 0 Å². The lowest BCUT2D eigenvalue weighted by Crippen LogP contribution is -2.46. The van der Waals surface area contributed by atoms with Crippen LogP contribution in [0.25, 0.3) is 22.4 Å². The van der Waals surface area contributed by atoms with Gasteiger partial charge in [0, 0.05) is 38.3 Å². The van der Waals surface area contributed by atoms with Gasteiger partial charge in [0.2, 0.25) is 0 Å². The molecule has 0 bridgehead atoms. The van der Waals surface area contributed by atoms with Crippen molar-refractivity contribution in [3.63, 3.8) is 0 Å². The highest BCUT2D eigenvalue weighted by atomic mass is 15.3. The SMILES string of the molecule is CC(C)(C)c1ccc(-c2nc3c(N4CCN(Cc5ccccc5)CC4)cccc3[nH]2)cc1. The summed E-state index contributed by atoms with van der Waals surface area (Å²) in [6.07, 6.45) is 0. The van der Waals surface area contributed by atoms with Gasteiger partial charge in [0.25, 0.3) is 0 Å². The van der Waals surface area contributed by atoms with Crippen molar-refractivity contribution in [3.05, 3.63) is 83.9 Å². The first kappa shape index (κ1) is 20.8. The average Bonchev–Trinajstić information content (AvgIpc) is 3.24. The fourth-order valence-electron chi connectivity index (χ4n) is 4.53. The Morgan fingerprint density at radius 3 is 2.22 bits per heavy atom. The lowest BCUT2D eigenvalue weighted by atomic mass is 9.87. The molecule has 5 rings (SSSR count). The molecule has 0 saturated carbocycles. The highest BCUT2D eigenvalue weighted by molar-refractivity contribution is 5.91. The molecular weight excluding hydrogens is 392 g/mol. The third kappa shape index (κ3) is 4.28. The molecule has 4 aromatic rings. The van der Waals surface area contributed by atoms with E-state index in [1.54, 1.807) is 0 Å². The van der Waals surface area contributed by atoms with Gasteiger partial charge in [0.05, 0.1) is 11.2 Å². The molecule has 1 aliphatic heterocycles. The number of rotatable bonds is 4. The van der Waals surface area contributed by atoms with E-state index in [9.17, 15) is 0 Å². The summed E-state index contributed by atoms with van der Waals surface area (Å²) in [5.74, 6) is 0.940. The van der Waals surface area contributed by atoms with Crippen LogP contribution in [0, 0.1) is 0 Å². The fraction of sp³-hybridized carbons (Fsp3) is 0.321. The standard InChI is InChI=1S/C28H32N4/c1-28(2,3)23-14-12-22(13-15-23)27-29-24-10-7-11-25(26(24)30-27)32-18-16-31(17-19-32)20-21-8-5-4-6-9-21/h4-15H,16-20H2,1-3H3,(H,29,30). The second kappa shape index (κ2) is 8.44. The maximum absolute atomic E-state index is 5.03. The van der Waals surface area contributed by atoms with Gasteiger partial charge in [-0.1, -0.05) is 81.4 Å². The van der Waals surface area contributed by atoms with E-state index in [0.717, 1.165) is 55.1 Å². The Labute approximate surface area is 190 Å². The molecule has 4 heteroatoms. The summed E-state index contributed by atoms with van der Waals surface area (Å²) in [5.41, 5.74) is 7.41. The number of fused-ring (bicyclic) bond motifs is 1. The number of imidazole rings is 1. The van der Waals surface area contributed by atoms with Gasteiger partial charge >= 0.3 is 0 Å². The molecule has 1 fully saturated rings. The van der Waals surface area contributed by atoms with E-state index in [1.807, 2.05) is 0 Å². The Bertz CT molecular complexity index is 1180. The smallest absolute Gasteiger partial charge is 0.138 e. The average molecular weight is 425 g/mol. The van der Waals surface area contributed by atoms with Crippen molar-refractivity contribution in [2.24, 2.45) is 0 Å². The van der Waals surface area contributed by atoms with Crippen LogP contribution in [0.2, 0.25) is 0 Å². The van der Waals surface area contributed by atoms with Gasteiger partial charge in [-0.2, -0.15) is 0 Å². The molecule has 1 saturated heterocycles. The third-order valence-corrected chi connectivity index (χ3v) is 6.48. The summed E-state index contributed by atoms with van der Waals surface area (Å²) in [6, 6.07) is 26.0. The highest BCUT2D eigenvalue weighted by Gasteiger charge is 2.20. The normalized spacial score (nSPS) is 15.4. The Balaban J connectivity index is 1.34. The van der Waals surface area contributed by atoms with Crippen LogP contribution >= 0.6 is 0 Å². The number of aromatic nitrogens is 2. The van der Waals surface area contributed by atoms with Crippen LogP contribution in [-0.2, 0) is 12.0 Å². The predicted octanol–water partition coefficient (Wildman–Crippen LogP) is 5.85. The number of nitrogens with one attached hydrogen (secondary N) is 1. The molecule has 0 spiro atoms. The van der Waals surface area contributed by atoms with Crippen molar-refractivity contribution in [1.82, 2.24) is 14.9 Å². The molecular formula is C28H32N4. The summed E-state index contributed by atoms with van der Waals surface area (Å²) in [7, 11) is 0. The van der Waals surface area contributed by atoms with Crippen LogP contribution in [0.3, 0.4) is 0 Å². The molecule has 32 heavy (non-hydrogen) atoms. The van der Waals surface area contributed by atoms with Crippen molar-refractivity contribution >= 4 is 16.7 Å². The molecule has 1 aromatic heterocycles. The van der Waals surface area contributed by atoms with Gasteiger partial charge in [0.1, 0.15) is 11.3 Å². The summed E-state index contributed by atoms with van der Waals surface area (Å²) < 4.78 is 0. The molecule has 164 valence electrons. The molecule has 3 aromatic carbocycles. The largest absolute Gasteiger partial charge is 0.367 e. The summed E-state index contributed by atoms with van der Waals surface area (Å²) in [4.78, 5) is 13.6. The van der Waals surface area contributed by atoms with E-state index in [0.29, 0.717) is 0 Å². The maximum atomic E-state index is 5.03. The molecule has 1 aliphatic rings. The van der Waals surface area contributed by atoms with Gasteiger partial charge in [-0.3, -0.25) is 4.90 Å². The Morgan fingerprint density at radius 1 is 0.812 bits per heavy atom. The minimum Gasteiger partial charge on any atom is -0.367 e. The van der Waals surface area contributed by atoms with Crippen molar-refractivity contribution in [1.29, 1.82) is 0 Å². The number of anilines is 1. The Kier molecular flexibility index (Phi) is 5.48. The van der Waals surface area contributed by atoms with Gasteiger partial charge in [-0.25, -0.2) is 4.98 Å². The third-order valence-electron chi connectivity index (χ3n) is 6.48. The molecule has 1 N–H and O–H groups in total. The summed E-state index contributed by atoms with van der Waals surface area (Å²) in [5, 5.41) is 0. The first-order chi connectivity index (χ1) is 15.5. The first-order valence-electron chi connectivity index (χ1n) is 11.6. The zero-order valence-electron chi connectivity index (χ0n) is 19.3. The van der Waals surface area contributed by atoms with Gasteiger partial charge in [0.15, 0.2) is 0 Å². The minimum atomic E-state index is 0.155. The van der Waals surface area contributed by atoms with E-state index < -0.39 is 0 Å². The highest BCUT2D eigenvalue weighted by Crippen LogP contribution is 2.30. The maximum Gasteiger partial charge on any atom is 0.138 e. The van der Waals surface area contributed by atoms with Crippen molar-refractivity contribution in [2.45, 2.75) is 32.7 Å². The van der Waals surface area contributed by atoms with E-state index in [2.05, 4.69) is 108 Å². The summed E-state index contributed by atoms with van der Waals surface area (Å²) >= 11 is 0. The zero-order chi connectivity index (χ0) is 22.1. The molecule has 0 unspecified atom stereocenters. The molecule has 0 aliphatic carbocycles. The van der Waals surface area contributed by atoms with E-state index >= 15 is 0 Å². The van der Waals surface area contributed by atoms with Crippen LogP contribution in [0.4, 0.5) is 5.69 Å². The monoisotopic (exact) mass is 424 g/mol. The van der Waals surface area contributed by atoms with E-state index in [4.69, 9.17) is 4.98 Å². The Morgan fingerprint density at radius 2 is 1.53 bits per heavy atom. The number of nitrogens with zero attached hydrogens (tertiary/aromatic N) is 3. The van der Waals surface area contributed by atoms with E-state index in [-0.39, 0.29) is 5.41 Å². The predicted molar refractivity (Wildman–Crippen MR) is 134 cm³/mol. The first-order valence-corrected chi connectivity index (χ1v) is 11.6. The van der Waals surface area contributed by atoms with Gasteiger partial charge in [-0.05, 0) is 28.7 Å². The van der Waals surface area contributed by atoms with Crippen LogP contribution in [-0.4, -0.2) is 41.0 Å². The second-order valence-electron chi connectivity index (χ2n) is 9.83. The second-order valence-corrected chi connectivity index (χ2v) is 9.83. The molecule has 4 nitrogen and oxygen atoms in total. The number of H-pyrrole nitrogens is 1. The number of hydrogen-bond acceptors (Lipinski definition) is 3. The number of hydrogen-bond donors (Lipinski definition) is 1. The summed E-state index contributed by atoms with van der Waals surface area (Å²) in [6.45, 7) is 11.9. The minimum absolute atomic E-state index is 0.155. The van der Waals surface area contributed by atoms with Crippen LogP contribution in [0.15, 0.2) is 72.8 Å². The topological polar surface area (TPSA) is 35.2 Å². The van der Waals surface area contributed by atoms with E-state index in [1.165, 1.54) is 16.8 Å². The van der Waals surface area contributed by atoms with Crippen LogP contribution in [0.1, 0.15) is 31.9 Å². The van der Waals surface area contributed by atoms with Crippen molar-refractivity contribution in [2.75, 3.05) is 31.1 Å². The lowest BCUT2D eigenvalue weighted by Gasteiger charge is -2.36. The number of para-hydroxylation sites is 1. The quantitative estimate of drug-likeness (QED) is 0.446. The van der Waals surface area contributed by atoms with Crippen molar-refractivity contribution in [3.8, 4) is 11.4 Å². The molecule has 0 amide bonds. The Hall–Kier alpha value is -3.11. The lowest BCUT2D eigenvalue weighted by molar-refractivity contribution is 0.250. The number of aromatic amines is 1. The number of piperazine rings is 1. The van der Waals surface area contributed by atoms with Crippen LogP contribution in [0.5, 0.6) is 0 Å². The van der Waals surface area contributed by atoms with Gasteiger partial charge < -0.3 is 9.88 Å². The molecule has 2 heterocycles. The zero-order valence-corrected chi connectivity index (χ0v) is 19.3. The fourth-order valence-corrected chi connectivity index (χ4v) is 4.53. The van der Waals surface area contributed by atoms with Gasteiger partial charge in [-0.15, -0.1) is 0 Å². The van der Waals surface area contributed by atoms with Crippen LogP contribution < -0.4 is 4.90 Å². The molecule has 0 radical (unpaired) electrons. The number of benzene rings is 3.